The molecule has 0 aliphatic carbocycles. The first-order chi connectivity index (χ1) is 13.5. The van der Waals surface area contributed by atoms with Gasteiger partial charge in [0.05, 0.1) is 11.1 Å². The predicted molar refractivity (Wildman–Crippen MR) is 105 cm³/mol. The minimum atomic E-state index is -0.515. The molecule has 1 aliphatic heterocycles. The first-order valence-corrected chi connectivity index (χ1v) is 9.80. The van der Waals surface area contributed by atoms with Crippen LogP contribution < -0.4 is 5.32 Å². The second-order valence-electron chi connectivity index (χ2n) is 6.68. The number of anilines is 1. The summed E-state index contributed by atoms with van der Waals surface area (Å²) in [6, 6.07) is 8.14. The number of aryl methyl sites for hydroxylation is 1. The number of rotatable bonds is 3. The summed E-state index contributed by atoms with van der Waals surface area (Å²) in [6.07, 6.45) is 3.95. The lowest BCUT2D eigenvalue weighted by molar-refractivity contribution is 0.102. The summed E-state index contributed by atoms with van der Waals surface area (Å²) in [6.45, 7) is 0.740. The summed E-state index contributed by atoms with van der Waals surface area (Å²) in [5.41, 5.74) is 0.822. The molecule has 0 spiro atoms. The van der Waals surface area contributed by atoms with Gasteiger partial charge in [0.15, 0.2) is 5.82 Å². The van der Waals surface area contributed by atoms with E-state index in [0.29, 0.717) is 16.0 Å². The van der Waals surface area contributed by atoms with E-state index in [9.17, 15) is 13.6 Å². The van der Waals surface area contributed by atoms with Crippen LogP contribution in [0.15, 0.2) is 40.9 Å². The number of carbonyl (C=O) groups excluding carboxylic acids is 1. The van der Waals surface area contributed by atoms with E-state index < -0.39 is 17.5 Å². The van der Waals surface area contributed by atoms with Crippen LogP contribution in [-0.2, 0) is 13.0 Å². The Hall–Kier alpha value is -2.61. The zero-order valence-corrected chi connectivity index (χ0v) is 16.5. The normalized spacial score (nSPS) is 13.7. The SMILES string of the molecule is O=C(Nc1ccc(F)c(-c2nnc3n2CCCCC3)c1)c1cc(F)ccc1Br. The summed E-state index contributed by atoms with van der Waals surface area (Å²) in [7, 11) is 0. The quantitative estimate of drug-likeness (QED) is 0.617. The minimum absolute atomic E-state index is 0.155. The monoisotopic (exact) mass is 446 g/mol. The van der Waals surface area contributed by atoms with E-state index in [-0.39, 0.29) is 11.1 Å². The fourth-order valence-electron chi connectivity index (χ4n) is 3.33. The van der Waals surface area contributed by atoms with Gasteiger partial charge in [0.25, 0.3) is 5.91 Å². The maximum atomic E-state index is 14.5. The minimum Gasteiger partial charge on any atom is -0.322 e. The van der Waals surface area contributed by atoms with Crippen molar-refractivity contribution in [2.45, 2.75) is 32.2 Å². The molecule has 2 aromatic carbocycles. The lowest BCUT2D eigenvalue weighted by Crippen LogP contribution is -2.13. The molecule has 1 N–H and O–H groups in total. The summed E-state index contributed by atoms with van der Waals surface area (Å²) >= 11 is 3.24. The van der Waals surface area contributed by atoms with Gasteiger partial charge in [-0.2, -0.15) is 0 Å². The fraction of sp³-hybridized carbons (Fsp3) is 0.250. The molecule has 0 saturated carbocycles. The molecule has 0 fully saturated rings. The van der Waals surface area contributed by atoms with Crippen LogP contribution in [0.1, 0.15) is 35.4 Å². The van der Waals surface area contributed by atoms with Gasteiger partial charge in [0, 0.05) is 23.1 Å². The number of hydrogen-bond donors (Lipinski definition) is 1. The molecular formula is C20H17BrF2N4O. The maximum absolute atomic E-state index is 14.5. The molecule has 1 aliphatic rings. The van der Waals surface area contributed by atoms with Crippen molar-refractivity contribution in [1.82, 2.24) is 14.8 Å². The van der Waals surface area contributed by atoms with Crippen LogP contribution in [0.2, 0.25) is 0 Å². The lowest BCUT2D eigenvalue weighted by atomic mass is 10.1. The molecule has 5 nitrogen and oxygen atoms in total. The molecule has 3 aromatic rings. The van der Waals surface area contributed by atoms with E-state index in [1.54, 1.807) is 0 Å². The van der Waals surface area contributed by atoms with Crippen LogP contribution in [0.5, 0.6) is 0 Å². The molecule has 28 heavy (non-hydrogen) atoms. The molecule has 1 amide bonds. The van der Waals surface area contributed by atoms with Crippen molar-refractivity contribution in [3.05, 3.63) is 63.9 Å². The standard InChI is InChI=1S/C20H17BrF2N4O/c21-16-7-5-12(22)10-14(16)20(28)24-13-6-8-17(23)15(11-13)19-26-25-18-4-2-1-3-9-27(18)19/h5-8,10-11H,1-4,9H2,(H,24,28). The van der Waals surface area contributed by atoms with Gasteiger partial charge >= 0.3 is 0 Å². The average Bonchev–Trinajstić information content (AvgIpc) is 2.93. The number of nitrogens with zero attached hydrogens (tertiary/aromatic N) is 3. The van der Waals surface area contributed by atoms with E-state index in [2.05, 4.69) is 31.4 Å². The number of carbonyl (C=O) groups is 1. The highest BCUT2D eigenvalue weighted by Crippen LogP contribution is 2.28. The van der Waals surface area contributed by atoms with Crippen LogP contribution in [0.25, 0.3) is 11.4 Å². The highest BCUT2D eigenvalue weighted by Gasteiger charge is 2.20. The van der Waals surface area contributed by atoms with Crippen LogP contribution >= 0.6 is 15.9 Å². The van der Waals surface area contributed by atoms with Crippen LogP contribution in [0.3, 0.4) is 0 Å². The maximum Gasteiger partial charge on any atom is 0.256 e. The third-order valence-corrected chi connectivity index (χ3v) is 5.44. The number of nitrogens with one attached hydrogen (secondary N) is 1. The van der Waals surface area contributed by atoms with Crippen LogP contribution in [-0.4, -0.2) is 20.7 Å². The Morgan fingerprint density at radius 1 is 1.07 bits per heavy atom. The number of aromatic nitrogens is 3. The van der Waals surface area contributed by atoms with Gasteiger partial charge in [-0.1, -0.05) is 6.42 Å². The average molecular weight is 447 g/mol. The Balaban J connectivity index is 1.66. The highest BCUT2D eigenvalue weighted by atomic mass is 79.9. The Bertz CT molecular complexity index is 1050. The largest absolute Gasteiger partial charge is 0.322 e. The van der Waals surface area contributed by atoms with Crippen LogP contribution in [0.4, 0.5) is 14.5 Å². The summed E-state index contributed by atoms with van der Waals surface area (Å²) in [5.74, 6) is -0.143. The molecule has 1 aromatic heterocycles. The molecule has 4 rings (SSSR count). The molecule has 0 saturated heterocycles. The lowest BCUT2D eigenvalue weighted by Gasteiger charge is -2.11. The van der Waals surface area contributed by atoms with Gasteiger partial charge in [-0.3, -0.25) is 4.79 Å². The second kappa shape index (κ2) is 7.79. The third kappa shape index (κ3) is 3.69. The molecule has 0 radical (unpaired) electrons. The van der Waals surface area contributed by atoms with Crippen molar-refractivity contribution >= 4 is 27.5 Å². The number of fused-ring (bicyclic) bond motifs is 1. The van der Waals surface area contributed by atoms with Crippen molar-refractivity contribution in [2.24, 2.45) is 0 Å². The van der Waals surface area contributed by atoms with E-state index in [0.717, 1.165) is 44.1 Å². The van der Waals surface area contributed by atoms with Gasteiger partial charge < -0.3 is 9.88 Å². The number of benzene rings is 2. The van der Waals surface area contributed by atoms with Crippen molar-refractivity contribution in [1.29, 1.82) is 0 Å². The zero-order chi connectivity index (χ0) is 19.7. The van der Waals surface area contributed by atoms with E-state index >= 15 is 0 Å². The number of halogens is 3. The Morgan fingerprint density at radius 3 is 2.79 bits per heavy atom. The van der Waals surface area contributed by atoms with E-state index in [1.165, 1.54) is 30.3 Å². The van der Waals surface area contributed by atoms with Crippen molar-refractivity contribution in [3.8, 4) is 11.4 Å². The van der Waals surface area contributed by atoms with E-state index in [4.69, 9.17) is 0 Å². The van der Waals surface area contributed by atoms with Gasteiger partial charge in [-0.25, -0.2) is 8.78 Å². The topological polar surface area (TPSA) is 59.8 Å². The summed E-state index contributed by atoms with van der Waals surface area (Å²) in [4.78, 5) is 12.5. The first kappa shape index (κ1) is 18.7. The van der Waals surface area contributed by atoms with Crippen molar-refractivity contribution in [3.63, 3.8) is 0 Å². The smallest absolute Gasteiger partial charge is 0.256 e. The Morgan fingerprint density at radius 2 is 1.93 bits per heavy atom. The molecular weight excluding hydrogens is 430 g/mol. The Labute approximate surface area is 168 Å². The third-order valence-electron chi connectivity index (χ3n) is 4.75. The fourth-order valence-corrected chi connectivity index (χ4v) is 3.76. The van der Waals surface area contributed by atoms with Crippen molar-refractivity contribution < 1.29 is 13.6 Å². The second-order valence-corrected chi connectivity index (χ2v) is 7.53. The van der Waals surface area contributed by atoms with Gasteiger partial charge in [-0.15, -0.1) is 10.2 Å². The van der Waals surface area contributed by atoms with Gasteiger partial charge in [0.1, 0.15) is 17.5 Å². The van der Waals surface area contributed by atoms with E-state index in [1.807, 2.05) is 4.57 Å². The molecule has 0 unspecified atom stereocenters. The van der Waals surface area contributed by atoms with Crippen molar-refractivity contribution in [2.75, 3.05) is 5.32 Å². The first-order valence-electron chi connectivity index (χ1n) is 9.01. The molecule has 0 bridgehead atoms. The molecule has 8 heteroatoms. The summed E-state index contributed by atoms with van der Waals surface area (Å²) in [5, 5.41) is 11.1. The summed E-state index contributed by atoms with van der Waals surface area (Å²) < 4.78 is 30.4. The zero-order valence-electron chi connectivity index (χ0n) is 14.9. The molecule has 2 heterocycles. The molecule has 144 valence electrons. The number of hydrogen-bond acceptors (Lipinski definition) is 3. The van der Waals surface area contributed by atoms with Gasteiger partial charge in [-0.05, 0) is 65.2 Å². The Kier molecular flexibility index (Phi) is 5.21. The number of amides is 1. The van der Waals surface area contributed by atoms with Gasteiger partial charge in [0.2, 0.25) is 0 Å². The van der Waals surface area contributed by atoms with Crippen LogP contribution in [0, 0.1) is 11.6 Å². The predicted octanol–water partition coefficient (Wildman–Crippen LogP) is 4.96. The highest BCUT2D eigenvalue weighted by molar-refractivity contribution is 9.10. The molecule has 0 atom stereocenters.